The van der Waals surface area contributed by atoms with Crippen molar-refractivity contribution < 1.29 is 4.63 Å². The number of rotatable bonds is 3. The van der Waals surface area contributed by atoms with E-state index in [0.717, 1.165) is 17.8 Å². The van der Waals surface area contributed by atoms with Crippen LogP contribution in [0.5, 0.6) is 0 Å². The van der Waals surface area contributed by atoms with Crippen LogP contribution in [0.15, 0.2) is 4.63 Å². The predicted molar refractivity (Wildman–Crippen MR) is 46.7 cm³/mol. The molecule has 12 heavy (non-hydrogen) atoms. The molecule has 1 rings (SSSR count). The van der Waals surface area contributed by atoms with Crippen molar-refractivity contribution >= 4 is 0 Å². The Labute approximate surface area is 73.1 Å². The summed E-state index contributed by atoms with van der Waals surface area (Å²) < 4.78 is 4.63. The molecule has 1 atom stereocenters. The summed E-state index contributed by atoms with van der Waals surface area (Å²) in [5, 5.41) is 7.59. The van der Waals surface area contributed by atoms with Crippen molar-refractivity contribution in [1.82, 2.24) is 10.3 Å². The van der Waals surface area contributed by atoms with Crippen LogP contribution in [0.2, 0.25) is 0 Å². The van der Waals surface area contributed by atoms with Crippen molar-refractivity contribution in [3.8, 4) is 0 Å². The quantitative estimate of drug-likeness (QED) is 0.694. The highest BCUT2D eigenvalue weighted by Crippen LogP contribution is 2.16. The van der Waals surface area contributed by atoms with Gasteiger partial charge in [-0.3, -0.25) is 0 Å². The molecule has 0 fully saturated rings. The molecule has 0 aromatic carbocycles. The highest BCUT2D eigenvalue weighted by molar-refractivity contribution is 5.05. The second kappa shape index (κ2) is 3.70. The first kappa shape index (κ1) is 9.23. The second-order valence-corrected chi connectivity index (χ2v) is 3.72. The molecule has 0 spiro atoms. The van der Waals surface area contributed by atoms with Gasteiger partial charge in [0.2, 0.25) is 0 Å². The van der Waals surface area contributed by atoms with Crippen molar-refractivity contribution in [2.45, 2.75) is 34.1 Å². The molecule has 3 heteroatoms. The molecule has 0 bridgehead atoms. The number of hydrogen-bond acceptors (Lipinski definition) is 3. The minimum Gasteiger partial charge on any atom is -0.244 e. The lowest BCUT2D eigenvalue weighted by Crippen LogP contribution is -2.08. The van der Waals surface area contributed by atoms with Gasteiger partial charge in [-0.1, -0.05) is 31.1 Å². The standard InChI is InChI=1S/C9H16N2O/c1-6(2)7(3)5-9-8(4)10-12-11-9/h6-7H,5H2,1-4H3/t7-/m0/s1. The van der Waals surface area contributed by atoms with Crippen LogP contribution in [0.3, 0.4) is 0 Å². The summed E-state index contributed by atoms with van der Waals surface area (Å²) >= 11 is 0. The predicted octanol–water partition coefficient (Wildman–Crippen LogP) is 2.21. The van der Waals surface area contributed by atoms with Gasteiger partial charge in [0.1, 0.15) is 11.4 Å². The van der Waals surface area contributed by atoms with Crippen LogP contribution < -0.4 is 0 Å². The van der Waals surface area contributed by atoms with Gasteiger partial charge in [0.25, 0.3) is 0 Å². The minimum absolute atomic E-state index is 0.635. The highest BCUT2D eigenvalue weighted by atomic mass is 16.6. The van der Waals surface area contributed by atoms with Crippen molar-refractivity contribution in [2.75, 3.05) is 0 Å². The van der Waals surface area contributed by atoms with Crippen molar-refractivity contribution in [3.63, 3.8) is 0 Å². The average molecular weight is 168 g/mol. The van der Waals surface area contributed by atoms with Gasteiger partial charge in [0, 0.05) is 0 Å². The summed E-state index contributed by atoms with van der Waals surface area (Å²) in [4.78, 5) is 0. The average Bonchev–Trinajstić information content (AvgIpc) is 2.36. The summed E-state index contributed by atoms with van der Waals surface area (Å²) in [6.07, 6.45) is 0.965. The van der Waals surface area contributed by atoms with E-state index in [1.807, 2.05) is 6.92 Å². The normalized spacial score (nSPS) is 13.8. The summed E-state index contributed by atoms with van der Waals surface area (Å²) in [7, 11) is 0. The molecule has 1 heterocycles. The van der Waals surface area contributed by atoms with E-state index < -0.39 is 0 Å². The Bertz CT molecular complexity index is 242. The molecule has 3 nitrogen and oxygen atoms in total. The van der Waals surface area contributed by atoms with Crippen LogP contribution in [0.25, 0.3) is 0 Å². The van der Waals surface area contributed by atoms with Crippen LogP contribution in [0.1, 0.15) is 32.2 Å². The Hall–Kier alpha value is -0.860. The first-order valence-corrected chi connectivity index (χ1v) is 4.39. The van der Waals surface area contributed by atoms with Crippen LogP contribution >= 0.6 is 0 Å². The lowest BCUT2D eigenvalue weighted by molar-refractivity contribution is 0.297. The molecular formula is C9H16N2O. The maximum atomic E-state index is 4.63. The molecule has 0 radical (unpaired) electrons. The van der Waals surface area contributed by atoms with Crippen LogP contribution in [0.4, 0.5) is 0 Å². The number of aryl methyl sites for hydroxylation is 1. The van der Waals surface area contributed by atoms with Crippen molar-refractivity contribution in [1.29, 1.82) is 0 Å². The molecule has 1 aromatic rings. The number of aromatic nitrogens is 2. The maximum absolute atomic E-state index is 4.63. The lowest BCUT2D eigenvalue weighted by atomic mass is 9.93. The Balaban J connectivity index is 2.58. The zero-order valence-corrected chi connectivity index (χ0v) is 8.16. The van der Waals surface area contributed by atoms with E-state index in [1.54, 1.807) is 0 Å². The Kier molecular flexibility index (Phi) is 2.84. The zero-order valence-electron chi connectivity index (χ0n) is 8.16. The molecule has 0 N–H and O–H groups in total. The van der Waals surface area contributed by atoms with Gasteiger partial charge in [-0.2, -0.15) is 0 Å². The van der Waals surface area contributed by atoms with E-state index in [1.165, 1.54) is 0 Å². The maximum Gasteiger partial charge on any atom is 0.108 e. The largest absolute Gasteiger partial charge is 0.244 e. The van der Waals surface area contributed by atoms with E-state index >= 15 is 0 Å². The summed E-state index contributed by atoms with van der Waals surface area (Å²) in [5.41, 5.74) is 1.92. The highest BCUT2D eigenvalue weighted by Gasteiger charge is 2.12. The first-order chi connectivity index (χ1) is 5.61. The fraction of sp³-hybridized carbons (Fsp3) is 0.778. The van der Waals surface area contributed by atoms with Crippen molar-refractivity contribution in [2.24, 2.45) is 11.8 Å². The summed E-state index contributed by atoms with van der Waals surface area (Å²) in [6.45, 7) is 8.58. The third-order valence-electron chi connectivity index (χ3n) is 2.40. The van der Waals surface area contributed by atoms with Crippen LogP contribution in [-0.2, 0) is 6.42 Å². The monoisotopic (exact) mass is 168 g/mol. The molecule has 0 amide bonds. The Morgan fingerprint density at radius 2 is 1.92 bits per heavy atom. The molecule has 1 aromatic heterocycles. The SMILES string of the molecule is Cc1nonc1C[C@H](C)C(C)C. The second-order valence-electron chi connectivity index (χ2n) is 3.72. The fourth-order valence-corrected chi connectivity index (χ4v) is 0.975. The third kappa shape index (κ3) is 2.06. The molecule has 0 unspecified atom stereocenters. The smallest absolute Gasteiger partial charge is 0.108 e. The van der Waals surface area contributed by atoms with E-state index in [2.05, 4.69) is 35.7 Å². The van der Waals surface area contributed by atoms with Gasteiger partial charge in [0.15, 0.2) is 0 Å². The fourth-order valence-electron chi connectivity index (χ4n) is 0.975. The van der Waals surface area contributed by atoms with Crippen LogP contribution in [-0.4, -0.2) is 10.3 Å². The lowest BCUT2D eigenvalue weighted by Gasteiger charge is -2.12. The minimum atomic E-state index is 0.635. The molecule has 0 saturated carbocycles. The van der Waals surface area contributed by atoms with Gasteiger partial charge in [-0.15, -0.1) is 0 Å². The first-order valence-electron chi connectivity index (χ1n) is 4.39. The molecule has 0 aliphatic carbocycles. The summed E-state index contributed by atoms with van der Waals surface area (Å²) in [6, 6.07) is 0. The van der Waals surface area contributed by atoms with Gasteiger partial charge < -0.3 is 0 Å². The molecular weight excluding hydrogens is 152 g/mol. The molecule has 0 aliphatic rings. The van der Waals surface area contributed by atoms with E-state index in [4.69, 9.17) is 0 Å². The Morgan fingerprint density at radius 3 is 2.33 bits per heavy atom. The zero-order chi connectivity index (χ0) is 9.14. The molecule has 0 aliphatic heterocycles. The Morgan fingerprint density at radius 1 is 1.25 bits per heavy atom. The molecule has 68 valence electrons. The third-order valence-corrected chi connectivity index (χ3v) is 2.40. The van der Waals surface area contributed by atoms with Crippen LogP contribution in [0, 0.1) is 18.8 Å². The topological polar surface area (TPSA) is 38.9 Å². The van der Waals surface area contributed by atoms with Gasteiger partial charge in [-0.25, -0.2) is 4.63 Å². The summed E-state index contributed by atoms with van der Waals surface area (Å²) in [5.74, 6) is 1.32. The van der Waals surface area contributed by atoms with Crippen molar-refractivity contribution in [3.05, 3.63) is 11.4 Å². The van der Waals surface area contributed by atoms with Gasteiger partial charge in [0.05, 0.1) is 0 Å². The van der Waals surface area contributed by atoms with E-state index in [-0.39, 0.29) is 0 Å². The number of nitrogens with zero attached hydrogens (tertiary/aromatic N) is 2. The molecule has 0 saturated heterocycles. The van der Waals surface area contributed by atoms with Gasteiger partial charge >= 0.3 is 0 Å². The van der Waals surface area contributed by atoms with E-state index in [9.17, 15) is 0 Å². The number of hydrogen-bond donors (Lipinski definition) is 0. The van der Waals surface area contributed by atoms with Gasteiger partial charge in [-0.05, 0) is 25.2 Å². The van der Waals surface area contributed by atoms with E-state index in [0.29, 0.717) is 11.8 Å².